The zero-order chi connectivity index (χ0) is 21.9. The molecule has 1 aromatic heterocycles. The molecular formula is C18H25F3N4O3S2. The van der Waals surface area contributed by atoms with Gasteiger partial charge >= 0.3 is 5.51 Å². The van der Waals surface area contributed by atoms with Crippen LogP contribution in [0.25, 0.3) is 0 Å². The molecule has 1 amide bonds. The molecule has 7 nitrogen and oxygen atoms in total. The Labute approximate surface area is 178 Å². The Morgan fingerprint density at radius 3 is 2.40 bits per heavy atom. The van der Waals surface area contributed by atoms with Crippen molar-refractivity contribution in [1.29, 1.82) is 0 Å². The maximum absolute atomic E-state index is 13.0. The van der Waals surface area contributed by atoms with Gasteiger partial charge in [-0.2, -0.15) is 30.2 Å². The lowest BCUT2D eigenvalue weighted by molar-refractivity contribution is -0.0329. The summed E-state index contributed by atoms with van der Waals surface area (Å²) in [4.78, 5) is 17.8. The van der Waals surface area contributed by atoms with Gasteiger partial charge in [0.2, 0.25) is 0 Å². The molecule has 1 aromatic rings. The number of hydrogen-bond donors (Lipinski definition) is 0. The summed E-state index contributed by atoms with van der Waals surface area (Å²) in [5, 5.41) is -0.401. The second kappa shape index (κ2) is 9.41. The average Bonchev–Trinajstić information content (AvgIpc) is 2.72. The molecule has 12 heteroatoms. The summed E-state index contributed by atoms with van der Waals surface area (Å²) in [6.45, 7) is 0.434. The van der Waals surface area contributed by atoms with Gasteiger partial charge in [-0.3, -0.25) is 4.79 Å². The Bertz CT molecular complexity index is 852. The molecule has 2 fully saturated rings. The van der Waals surface area contributed by atoms with Crippen molar-refractivity contribution in [3.8, 4) is 0 Å². The van der Waals surface area contributed by atoms with Crippen LogP contribution < -0.4 is 0 Å². The molecule has 168 valence electrons. The van der Waals surface area contributed by atoms with Crippen molar-refractivity contribution in [2.45, 2.75) is 48.7 Å². The van der Waals surface area contributed by atoms with Crippen molar-refractivity contribution >= 4 is 27.9 Å². The van der Waals surface area contributed by atoms with Crippen LogP contribution in [0.4, 0.5) is 13.2 Å². The van der Waals surface area contributed by atoms with Crippen molar-refractivity contribution in [3.05, 3.63) is 23.9 Å². The van der Waals surface area contributed by atoms with Gasteiger partial charge in [0.1, 0.15) is 5.03 Å². The Hall–Kier alpha value is -1.37. The first-order valence-corrected chi connectivity index (χ1v) is 12.0. The van der Waals surface area contributed by atoms with E-state index in [1.807, 2.05) is 0 Å². The van der Waals surface area contributed by atoms with E-state index in [0.29, 0.717) is 0 Å². The molecule has 1 aliphatic heterocycles. The lowest BCUT2D eigenvalue weighted by Crippen LogP contribution is -2.55. The first-order chi connectivity index (χ1) is 14.1. The monoisotopic (exact) mass is 466 g/mol. The smallest absolute Gasteiger partial charge is 0.336 e. The van der Waals surface area contributed by atoms with Crippen LogP contribution in [0, 0.1) is 0 Å². The summed E-state index contributed by atoms with van der Waals surface area (Å²) in [7, 11) is -2.05. The summed E-state index contributed by atoms with van der Waals surface area (Å²) < 4.78 is 67.0. The highest BCUT2D eigenvalue weighted by atomic mass is 32.2. The zero-order valence-corrected chi connectivity index (χ0v) is 18.3. The average molecular weight is 467 g/mol. The molecule has 0 radical (unpaired) electrons. The quantitative estimate of drug-likeness (QED) is 0.624. The van der Waals surface area contributed by atoms with Crippen molar-refractivity contribution in [2.24, 2.45) is 0 Å². The summed E-state index contributed by atoms with van der Waals surface area (Å²) in [6, 6.07) is 2.71. The predicted molar refractivity (Wildman–Crippen MR) is 107 cm³/mol. The molecular weight excluding hydrogens is 441 g/mol. The number of alkyl halides is 3. The lowest BCUT2D eigenvalue weighted by Gasteiger charge is -2.38. The number of amides is 1. The minimum absolute atomic E-state index is 0.0132. The fourth-order valence-corrected chi connectivity index (χ4v) is 6.03. The van der Waals surface area contributed by atoms with Gasteiger partial charge in [-0.25, -0.2) is 4.98 Å². The third-order valence-electron chi connectivity index (χ3n) is 5.52. The summed E-state index contributed by atoms with van der Waals surface area (Å²) in [5.41, 5.74) is -4.68. The van der Waals surface area contributed by atoms with Crippen molar-refractivity contribution in [1.82, 2.24) is 18.5 Å². The molecule has 0 spiro atoms. The predicted octanol–water partition coefficient (Wildman–Crippen LogP) is 2.96. The summed E-state index contributed by atoms with van der Waals surface area (Å²) >= 11 is -0.427. The Morgan fingerprint density at radius 1 is 1.17 bits per heavy atom. The molecule has 1 aliphatic carbocycles. The van der Waals surface area contributed by atoms with Gasteiger partial charge in [-0.1, -0.05) is 19.3 Å². The van der Waals surface area contributed by atoms with Crippen LogP contribution in [-0.2, 0) is 10.2 Å². The number of aromatic nitrogens is 1. The van der Waals surface area contributed by atoms with Crippen LogP contribution in [0.2, 0.25) is 0 Å². The molecule has 0 bridgehead atoms. The number of hydrogen-bond acceptors (Lipinski definition) is 5. The van der Waals surface area contributed by atoms with Crippen LogP contribution in [0.1, 0.15) is 42.5 Å². The molecule has 0 unspecified atom stereocenters. The SMILES string of the molecule is CN(C1CCCCC1)S(=O)(=O)N1CCN(C(=O)c2cccnc2SC(F)(F)F)CC1. The topological polar surface area (TPSA) is 73.8 Å². The molecule has 1 saturated carbocycles. The van der Waals surface area contributed by atoms with E-state index >= 15 is 0 Å². The third-order valence-corrected chi connectivity index (χ3v) is 8.31. The molecule has 3 rings (SSSR count). The number of rotatable bonds is 5. The number of carbonyl (C=O) groups is 1. The van der Waals surface area contributed by atoms with Gasteiger partial charge in [-0.05, 0) is 25.0 Å². The molecule has 1 saturated heterocycles. The zero-order valence-electron chi connectivity index (χ0n) is 16.6. The molecule has 2 aliphatic rings. The van der Waals surface area contributed by atoms with Crippen LogP contribution in [0.3, 0.4) is 0 Å². The van der Waals surface area contributed by atoms with Gasteiger partial charge in [0.15, 0.2) is 0 Å². The van der Waals surface area contributed by atoms with E-state index in [1.165, 1.54) is 31.8 Å². The van der Waals surface area contributed by atoms with E-state index in [-0.39, 0.29) is 37.8 Å². The standard InChI is InChI=1S/C18H25F3N4O3S2/c1-23(14-6-3-2-4-7-14)30(27,28)25-12-10-24(11-13-25)17(26)15-8-5-9-22-16(15)29-18(19,20)21/h5,8-9,14H,2-4,6-7,10-13H2,1H3. The van der Waals surface area contributed by atoms with E-state index in [9.17, 15) is 26.4 Å². The maximum atomic E-state index is 13.0. The minimum atomic E-state index is -4.56. The molecule has 0 N–H and O–H groups in total. The Balaban J connectivity index is 1.65. The highest BCUT2D eigenvalue weighted by Crippen LogP contribution is 2.37. The number of thioether (sulfide) groups is 1. The number of pyridine rings is 1. The first-order valence-electron chi connectivity index (χ1n) is 9.83. The fraction of sp³-hybridized carbons (Fsp3) is 0.667. The minimum Gasteiger partial charge on any atom is -0.336 e. The van der Waals surface area contributed by atoms with Crippen LogP contribution in [0.5, 0.6) is 0 Å². The second-order valence-electron chi connectivity index (χ2n) is 7.41. The van der Waals surface area contributed by atoms with Crippen LogP contribution >= 0.6 is 11.8 Å². The van der Waals surface area contributed by atoms with Gasteiger partial charge in [-0.15, -0.1) is 0 Å². The third kappa shape index (κ3) is 5.45. The van der Waals surface area contributed by atoms with E-state index < -0.39 is 38.4 Å². The van der Waals surface area contributed by atoms with Crippen LogP contribution in [0.15, 0.2) is 23.4 Å². The van der Waals surface area contributed by atoms with E-state index in [4.69, 9.17) is 0 Å². The summed E-state index contributed by atoms with van der Waals surface area (Å²) in [6.07, 6.45) is 6.03. The highest BCUT2D eigenvalue weighted by molar-refractivity contribution is 8.00. The summed E-state index contributed by atoms with van der Waals surface area (Å²) in [5.74, 6) is -0.576. The number of carbonyl (C=O) groups excluding carboxylic acids is 1. The number of halogens is 3. The van der Waals surface area contributed by atoms with Crippen LogP contribution in [-0.4, -0.2) is 77.6 Å². The highest BCUT2D eigenvalue weighted by Gasteiger charge is 2.37. The maximum Gasteiger partial charge on any atom is 0.447 e. The van der Waals surface area contributed by atoms with Gasteiger partial charge in [0.25, 0.3) is 16.1 Å². The molecule has 0 aromatic carbocycles. The van der Waals surface area contributed by atoms with Gasteiger partial charge in [0.05, 0.1) is 5.56 Å². The van der Waals surface area contributed by atoms with Crippen molar-refractivity contribution < 1.29 is 26.4 Å². The fourth-order valence-electron chi connectivity index (χ4n) is 3.85. The first kappa shape index (κ1) is 23.3. The lowest BCUT2D eigenvalue weighted by atomic mass is 9.96. The van der Waals surface area contributed by atoms with Crippen molar-refractivity contribution in [3.63, 3.8) is 0 Å². The largest absolute Gasteiger partial charge is 0.447 e. The normalized spacial score (nSPS) is 20.0. The molecule has 0 atom stereocenters. The van der Waals surface area contributed by atoms with Gasteiger partial charge < -0.3 is 4.90 Å². The second-order valence-corrected chi connectivity index (χ2v) is 10.5. The van der Waals surface area contributed by atoms with E-state index in [1.54, 1.807) is 7.05 Å². The number of piperazine rings is 1. The van der Waals surface area contributed by atoms with Gasteiger partial charge in [0, 0.05) is 57.2 Å². The molecule has 2 heterocycles. The Morgan fingerprint density at radius 2 is 1.80 bits per heavy atom. The van der Waals surface area contributed by atoms with E-state index in [0.717, 1.165) is 32.1 Å². The van der Waals surface area contributed by atoms with E-state index in [2.05, 4.69) is 4.98 Å². The number of nitrogens with zero attached hydrogens (tertiary/aromatic N) is 4. The molecule has 30 heavy (non-hydrogen) atoms. The van der Waals surface area contributed by atoms with Crippen molar-refractivity contribution in [2.75, 3.05) is 33.2 Å². The Kier molecular flexibility index (Phi) is 7.31.